The Morgan fingerprint density at radius 1 is 1.15 bits per heavy atom. The van der Waals surface area contributed by atoms with Crippen LogP contribution in [0.5, 0.6) is 5.75 Å². The molecule has 8 nitrogen and oxygen atoms in total. The number of epoxide rings is 1. The molecule has 4 N–H and O–H groups in total. The Morgan fingerprint density at radius 2 is 1.85 bits per heavy atom. The van der Waals surface area contributed by atoms with Gasteiger partial charge in [-0.1, -0.05) is 40.7 Å². The molecule has 0 amide bonds. The molecule has 0 spiro atoms. The third-order valence-corrected chi connectivity index (χ3v) is 9.66. The lowest BCUT2D eigenvalue weighted by atomic mass is 9.72. The highest BCUT2D eigenvalue weighted by Crippen LogP contribution is 2.56. The standard InChI is InChI=1S/C31H47NO7/c1-8-16(2)37-23-10-9-19(12-22(23)32)24-13-26-31(7,39-26)15-20-11-21(20)17(3)28(35)18(4)29(36)30(5,6)25(33)14-27(34)38-24/h9-10,12,16-18,20-21,24-26,28,33,35H,8,11,13-15,32H2,1-7H3/t16?,17-,18+,20?,21?,24-,25-,26?,28-,31?/m0/s1. The zero-order valence-electron chi connectivity index (χ0n) is 24.5. The van der Waals surface area contributed by atoms with Crippen LogP contribution in [0.2, 0.25) is 0 Å². The normalized spacial score (nSPS) is 39.6. The molecular formula is C31H47NO7. The van der Waals surface area contributed by atoms with Crippen LogP contribution in [0.25, 0.3) is 0 Å². The predicted octanol–water partition coefficient (Wildman–Crippen LogP) is 4.60. The summed E-state index contributed by atoms with van der Waals surface area (Å²) in [6, 6.07) is 5.44. The Hall–Kier alpha value is -2.16. The van der Waals surface area contributed by atoms with Crippen molar-refractivity contribution in [1.82, 2.24) is 0 Å². The average Bonchev–Trinajstić information content (AvgIpc) is 3.78. The molecule has 0 aromatic heterocycles. The zero-order chi connectivity index (χ0) is 28.9. The maximum atomic E-state index is 13.4. The molecule has 1 aliphatic carbocycles. The van der Waals surface area contributed by atoms with Crippen molar-refractivity contribution in [1.29, 1.82) is 0 Å². The van der Waals surface area contributed by atoms with E-state index in [0.717, 1.165) is 24.8 Å². The lowest BCUT2D eigenvalue weighted by Crippen LogP contribution is -2.46. The topological polar surface area (TPSA) is 132 Å². The van der Waals surface area contributed by atoms with Crippen LogP contribution >= 0.6 is 0 Å². The van der Waals surface area contributed by atoms with Crippen LogP contribution < -0.4 is 10.5 Å². The van der Waals surface area contributed by atoms with Crippen molar-refractivity contribution in [2.75, 3.05) is 5.73 Å². The summed E-state index contributed by atoms with van der Waals surface area (Å²) in [5, 5.41) is 22.1. The van der Waals surface area contributed by atoms with E-state index in [2.05, 4.69) is 6.92 Å². The molecule has 2 saturated heterocycles. The molecule has 1 aromatic rings. The number of esters is 1. The Balaban J connectivity index is 1.60. The third-order valence-electron chi connectivity index (χ3n) is 9.66. The summed E-state index contributed by atoms with van der Waals surface area (Å²) in [4.78, 5) is 26.5. The van der Waals surface area contributed by atoms with Gasteiger partial charge in [0, 0.05) is 12.3 Å². The van der Waals surface area contributed by atoms with Gasteiger partial charge in [-0.25, -0.2) is 0 Å². The van der Waals surface area contributed by atoms with Crippen LogP contribution in [-0.2, 0) is 19.1 Å². The fourth-order valence-electron chi connectivity index (χ4n) is 6.29. The molecule has 10 atom stereocenters. The van der Waals surface area contributed by atoms with Gasteiger partial charge in [-0.15, -0.1) is 0 Å². The van der Waals surface area contributed by atoms with Crippen LogP contribution in [0.4, 0.5) is 5.69 Å². The maximum absolute atomic E-state index is 13.4. The van der Waals surface area contributed by atoms with Crippen molar-refractivity contribution in [2.45, 2.75) is 117 Å². The first-order valence-corrected chi connectivity index (χ1v) is 14.5. The van der Waals surface area contributed by atoms with Crippen LogP contribution in [0.1, 0.15) is 92.2 Å². The average molecular weight is 546 g/mol. The lowest BCUT2D eigenvalue weighted by molar-refractivity contribution is -0.156. The molecule has 8 heteroatoms. The number of cyclic esters (lactones) is 1. The highest BCUT2D eigenvalue weighted by Gasteiger charge is 2.58. The van der Waals surface area contributed by atoms with E-state index in [1.165, 1.54) is 0 Å². The van der Waals surface area contributed by atoms with Gasteiger partial charge in [0.05, 0.1) is 47.5 Å². The summed E-state index contributed by atoms with van der Waals surface area (Å²) >= 11 is 0. The zero-order valence-corrected chi connectivity index (χ0v) is 24.5. The van der Waals surface area contributed by atoms with E-state index in [0.29, 0.717) is 29.7 Å². The second kappa shape index (κ2) is 11.0. The van der Waals surface area contributed by atoms with E-state index in [4.69, 9.17) is 19.9 Å². The van der Waals surface area contributed by atoms with Gasteiger partial charge in [0.2, 0.25) is 0 Å². The van der Waals surface area contributed by atoms with E-state index in [9.17, 15) is 19.8 Å². The molecule has 3 fully saturated rings. The van der Waals surface area contributed by atoms with Crippen molar-refractivity contribution in [3.63, 3.8) is 0 Å². The van der Waals surface area contributed by atoms with E-state index >= 15 is 0 Å². The number of rotatable bonds is 4. The van der Waals surface area contributed by atoms with Crippen molar-refractivity contribution >= 4 is 17.4 Å². The molecule has 4 rings (SSSR count). The Labute approximate surface area is 232 Å². The minimum atomic E-state index is -1.26. The number of carbonyl (C=O) groups excluding carboxylic acids is 2. The molecule has 1 saturated carbocycles. The molecule has 1 aromatic carbocycles. The number of nitrogens with two attached hydrogens (primary N) is 1. The van der Waals surface area contributed by atoms with E-state index < -0.39 is 35.6 Å². The second-order valence-corrected chi connectivity index (χ2v) is 13.1. The molecule has 5 unspecified atom stereocenters. The number of ketones is 1. The van der Waals surface area contributed by atoms with Gasteiger partial charge in [-0.2, -0.15) is 0 Å². The van der Waals surface area contributed by atoms with Crippen LogP contribution in [0.3, 0.4) is 0 Å². The number of carbonyl (C=O) groups is 2. The molecule has 2 aliphatic heterocycles. The fourth-order valence-corrected chi connectivity index (χ4v) is 6.29. The van der Waals surface area contributed by atoms with Crippen molar-refractivity contribution in [3.05, 3.63) is 23.8 Å². The van der Waals surface area contributed by atoms with Crippen LogP contribution in [-0.4, -0.2) is 52.0 Å². The summed E-state index contributed by atoms with van der Waals surface area (Å²) in [6.07, 6.45) is 0.0297. The Morgan fingerprint density at radius 3 is 2.49 bits per heavy atom. The summed E-state index contributed by atoms with van der Waals surface area (Å²) in [7, 11) is 0. The number of hydrogen-bond donors (Lipinski definition) is 3. The van der Waals surface area contributed by atoms with Gasteiger partial charge in [-0.05, 0) is 68.6 Å². The molecule has 0 bridgehead atoms. The quantitative estimate of drug-likeness (QED) is 0.284. The number of benzene rings is 1. The summed E-state index contributed by atoms with van der Waals surface area (Å²) < 4.78 is 18.0. The van der Waals surface area contributed by atoms with Crippen LogP contribution in [0.15, 0.2) is 18.2 Å². The summed E-state index contributed by atoms with van der Waals surface area (Å²) in [5.41, 5.74) is 5.95. The largest absolute Gasteiger partial charge is 0.489 e. The van der Waals surface area contributed by atoms with Gasteiger partial charge in [-0.3, -0.25) is 9.59 Å². The van der Waals surface area contributed by atoms with Gasteiger partial charge >= 0.3 is 5.97 Å². The first-order chi connectivity index (χ1) is 18.2. The molecule has 3 aliphatic rings. The van der Waals surface area contributed by atoms with E-state index in [-0.39, 0.29) is 35.9 Å². The number of nitrogen functional groups attached to an aromatic ring is 1. The number of ether oxygens (including phenoxy) is 3. The predicted molar refractivity (Wildman–Crippen MR) is 148 cm³/mol. The highest BCUT2D eigenvalue weighted by molar-refractivity contribution is 5.88. The monoisotopic (exact) mass is 545 g/mol. The second-order valence-electron chi connectivity index (χ2n) is 13.1. The number of aliphatic hydroxyl groups excluding tert-OH is 2. The summed E-state index contributed by atoms with van der Waals surface area (Å²) in [5.74, 6) is -0.262. The summed E-state index contributed by atoms with van der Waals surface area (Å²) in [6.45, 7) is 13.1. The van der Waals surface area contributed by atoms with Gasteiger partial charge in [0.15, 0.2) is 0 Å². The number of aliphatic hydroxyl groups is 2. The van der Waals surface area contributed by atoms with Crippen molar-refractivity contribution < 1.29 is 34.0 Å². The third kappa shape index (κ3) is 6.28. The Kier molecular flexibility index (Phi) is 8.42. The molecular weight excluding hydrogens is 498 g/mol. The first-order valence-electron chi connectivity index (χ1n) is 14.5. The minimum absolute atomic E-state index is 0.0181. The van der Waals surface area contributed by atoms with E-state index in [1.54, 1.807) is 32.9 Å². The van der Waals surface area contributed by atoms with Gasteiger partial charge in [0.1, 0.15) is 17.6 Å². The number of fused-ring (bicyclic) bond motifs is 2. The SMILES string of the molecule is CCC(C)Oc1ccc([C@@H]2CC3OC3(C)CC3CC3[C@H](C)[C@H](O)[C@@H](C)C(=O)C(C)(C)[C@@H](O)CC(=O)O2)cc1N. The maximum Gasteiger partial charge on any atom is 0.309 e. The molecule has 2 heterocycles. The smallest absolute Gasteiger partial charge is 0.309 e. The van der Waals surface area contributed by atoms with E-state index in [1.807, 2.05) is 26.8 Å². The van der Waals surface area contributed by atoms with Gasteiger partial charge in [0.25, 0.3) is 0 Å². The number of hydrogen-bond acceptors (Lipinski definition) is 8. The lowest BCUT2D eigenvalue weighted by Gasteiger charge is -2.34. The molecule has 218 valence electrons. The highest BCUT2D eigenvalue weighted by atomic mass is 16.6. The first kappa shape index (κ1) is 29.8. The van der Waals surface area contributed by atoms with Crippen molar-refractivity contribution in [2.24, 2.45) is 29.1 Å². The minimum Gasteiger partial charge on any atom is -0.489 e. The van der Waals surface area contributed by atoms with Gasteiger partial charge < -0.3 is 30.2 Å². The van der Waals surface area contributed by atoms with Crippen molar-refractivity contribution in [3.8, 4) is 5.75 Å². The number of Topliss-reactive ketones (excluding diaryl/α,β-unsaturated/α-hetero) is 1. The van der Waals surface area contributed by atoms with Crippen LogP contribution in [0, 0.1) is 29.1 Å². The molecule has 39 heavy (non-hydrogen) atoms. The Bertz CT molecular complexity index is 1070. The molecule has 0 radical (unpaired) electrons. The fraction of sp³-hybridized carbons (Fsp3) is 0.742. The number of anilines is 1.